The van der Waals surface area contributed by atoms with Crippen molar-refractivity contribution in [3.8, 4) is 0 Å². The van der Waals surface area contributed by atoms with Crippen molar-refractivity contribution in [2.45, 2.75) is 33.6 Å². The summed E-state index contributed by atoms with van der Waals surface area (Å²) in [4.78, 5) is 2.58. The molecule has 0 aromatic rings. The first-order valence-electron chi connectivity index (χ1n) is 7.19. The van der Waals surface area contributed by atoms with Crippen LogP contribution >= 0.6 is 0 Å². The molecule has 1 atom stereocenters. The van der Waals surface area contributed by atoms with Gasteiger partial charge >= 0.3 is 0 Å². The first-order valence-corrected chi connectivity index (χ1v) is 7.19. The zero-order valence-corrected chi connectivity index (χ0v) is 11.9. The van der Waals surface area contributed by atoms with Crippen molar-refractivity contribution >= 4 is 0 Å². The van der Waals surface area contributed by atoms with E-state index in [1.807, 2.05) is 0 Å². The molecule has 3 nitrogen and oxygen atoms in total. The SMILES string of the molecule is CC(C)COCCNCC(C)CN1CCCC1. The van der Waals surface area contributed by atoms with Crippen molar-refractivity contribution < 1.29 is 4.74 Å². The fraction of sp³-hybridized carbons (Fsp3) is 1.00. The van der Waals surface area contributed by atoms with Crippen LogP contribution in [0.5, 0.6) is 0 Å². The first kappa shape index (κ1) is 14.9. The number of hydrogen-bond acceptors (Lipinski definition) is 3. The Morgan fingerprint density at radius 3 is 2.53 bits per heavy atom. The van der Waals surface area contributed by atoms with Crippen LogP contribution in [0.2, 0.25) is 0 Å². The van der Waals surface area contributed by atoms with Gasteiger partial charge in [-0.3, -0.25) is 0 Å². The highest BCUT2D eigenvalue weighted by molar-refractivity contribution is 4.69. The maximum absolute atomic E-state index is 5.54. The summed E-state index contributed by atoms with van der Waals surface area (Å²) in [5, 5.41) is 3.48. The molecule has 1 unspecified atom stereocenters. The highest BCUT2D eigenvalue weighted by Gasteiger charge is 2.13. The average Bonchev–Trinajstić information content (AvgIpc) is 2.75. The Labute approximate surface area is 107 Å². The van der Waals surface area contributed by atoms with E-state index in [-0.39, 0.29) is 0 Å². The predicted octanol–water partition coefficient (Wildman–Crippen LogP) is 1.98. The largest absolute Gasteiger partial charge is 0.380 e. The Hall–Kier alpha value is -0.120. The molecule has 0 aromatic heterocycles. The summed E-state index contributed by atoms with van der Waals surface area (Å²) in [5.74, 6) is 1.39. The Bertz CT molecular complexity index is 179. The molecule has 1 saturated heterocycles. The van der Waals surface area contributed by atoms with E-state index in [0.29, 0.717) is 5.92 Å². The second-order valence-electron chi connectivity index (χ2n) is 5.79. The van der Waals surface area contributed by atoms with Crippen LogP contribution in [0.3, 0.4) is 0 Å². The molecule has 1 fully saturated rings. The lowest BCUT2D eigenvalue weighted by molar-refractivity contribution is 0.111. The summed E-state index contributed by atoms with van der Waals surface area (Å²) in [6.45, 7) is 14.4. The van der Waals surface area contributed by atoms with Gasteiger partial charge in [0.1, 0.15) is 0 Å². The summed E-state index contributed by atoms with van der Waals surface area (Å²) < 4.78 is 5.54. The van der Waals surface area contributed by atoms with Crippen LogP contribution in [-0.2, 0) is 4.74 Å². The van der Waals surface area contributed by atoms with Crippen LogP contribution in [-0.4, -0.2) is 50.8 Å². The van der Waals surface area contributed by atoms with Crippen LogP contribution < -0.4 is 5.32 Å². The molecule has 1 aliphatic heterocycles. The van der Waals surface area contributed by atoms with Crippen LogP contribution in [0.15, 0.2) is 0 Å². The van der Waals surface area contributed by atoms with Crippen molar-refractivity contribution in [3.05, 3.63) is 0 Å². The van der Waals surface area contributed by atoms with Gasteiger partial charge in [-0.15, -0.1) is 0 Å². The van der Waals surface area contributed by atoms with Crippen molar-refractivity contribution in [1.29, 1.82) is 0 Å². The van der Waals surface area contributed by atoms with Crippen molar-refractivity contribution in [3.63, 3.8) is 0 Å². The topological polar surface area (TPSA) is 24.5 Å². The number of rotatable bonds is 9. The molecule has 0 saturated carbocycles. The third-order valence-electron chi connectivity index (χ3n) is 3.14. The van der Waals surface area contributed by atoms with E-state index in [2.05, 4.69) is 31.0 Å². The van der Waals surface area contributed by atoms with E-state index < -0.39 is 0 Å². The molecule has 1 N–H and O–H groups in total. The second kappa shape index (κ2) is 8.90. The first-order chi connectivity index (χ1) is 8.18. The zero-order chi connectivity index (χ0) is 12.5. The van der Waals surface area contributed by atoms with Gasteiger partial charge in [0.05, 0.1) is 6.61 Å². The number of nitrogens with zero attached hydrogens (tertiary/aromatic N) is 1. The molecule has 17 heavy (non-hydrogen) atoms. The van der Waals surface area contributed by atoms with E-state index in [1.54, 1.807) is 0 Å². The van der Waals surface area contributed by atoms with Gasteiger partial charge in [0.2, 0.25) is 0 Å². The van der Waals surface area contributed by atoms with Crippen LogP contribution in [0.25, 0.3) is 0 Å². The third-order valence-corrected chi connectivity index (χ3v) is 3.14. The van der Waals surface area contributed by atoms with E-state index in [9.17, 15) is 0 Å². The van der Waals surface area contributed by atoms with Gasteiger partial charge in [0.15, 0.2) is 0 Å². The minimum absolute atomic E-state index is 0.643. The molecule has 1 heterocycles. The Morgan fingerprint density at radius 2 is 1.88 bits per heavy atom. The lowest BCUT2D eigenvalue weighted by Crippen LogP contribution is -2.33. The third kappa shape index (κ3) is 7.74. The molecular weight excluding hydrogens is 212 g/mol. The maximum Gasteiger partial charge on any atom is 0.0591 e. The lowest BCUT2D eigenvalue weighted by Gasteiger charge is -2.20. The summed E-state index contributed by atoms with van der Waals surface area (Å²) in [6.07, 6.45) is 2.78. The van der Waals surface area contributed by atoms with Gasteiger partial charge in [-0.2, -0.15) is 0 Å². The van der Waals surface area contributed by atoms with Crippen molar-refractivity contribution in [2.24, 2.45) is 11.8 Å². The minimum Gasteiger partial charge on any atom is -0.380 e. The molecule has 0 aromatic carbocycles. The quantitative estimate of drug-likeness (QED) is 0.626. The standard InChI is InChI=1S/C14H30N2O/c1-13(2)12-17-9-6-15-10-14(3)11-16-7-4-5-8-16/h13-15H,4-12H2,1-3H3. The highest BCUT2D eigenvalue weighted by atomic mass is 16.5. The van der Waals surface area contributed by atoms with Crippen molar-refractivity contribution in [1.82, 2.24) is 10.2 Å². The lowest BCUT2D eigenvalue weighted by atomic mass is 10.1. The van der Waals surface area contributed by atoms with Gasteiger partial charge in [-0.1, -0.05) is 20.8 Å². The molecule has 102 valence electrons. The predicted molar refractivity (Wildman–Crippen MR) is 73.4 cm³/mol. The van der Waals surface area contributed by atoms with Gasteiger partial charge in [-0.05, 0) is 44.3 Å². The van der Waals surface area contributed by atoms with Crippen LogP contribution in [0.4, 0.5) is 0 Å². The molecule has 0 amide bonds. The monoisotopic (exact) mass is 242 g/mol. The van der Waals surface area contributed by atoms with E-state index in [1.165, 1.54) is 32.5 Å². The maximum atomic E-state index is 5.54. The fourth-order valence-electron chi connectivity index (χ4n) is 2.28. The molecular formula is C14H30N2O. The molecule has 1 rings (SSSR count). The minimum atomic E-state index is 0.643. The summed E-state index contributed by atoms with van der Waals surface area (Å²) in [6, 6.07) is 0. The molecule has 0 aliphatic carbocycles. The number of hydrogen-bond donors (Lipinski definition) is 1. The summed E-state index contributed by atoms with van der Waals surface area (Å²) in [5.41, 5.74) is 0. The smallest absolute Gasteiger partial charge is 0.0591 e. The average molecular weight is 242 g/mol. The van der Waals surface area contributed by atoms with Gasteiger partial charge < -0.3 is 15.0 Å². The Balaban J connectivity index is 1.87. The van der Waals surface area contributed by atoms with Gasteiger partial charge in [-0.25, -0.2) is 0 Å². The fourth-order valence-corrected chi connectivity index (χ4v) is 2.28. The number of ether oxygens (including phenoxy) is 1. The molecule has 0 radical (unpaired) electrons. The van der Waals surface area contributed by atoms with E-state index in [0.717, 1.165) is 32.2 Å². The second-order valence-corrected chi connectivity index (χ2v) is 5.79. The van der Waals surface area contributed by atoms with Gasteiger partial charge in [0, 0.05) is 19.7 Å². The van der Waals surface area contributed by atoms with Gasteiger partial charge in [0.25, 0.3) is 0 Å². The van der Waals surface area contributed by atoms with Crippen LogP contribution in [0, 0.1) is 11.8 Å². The molecule has 0 bridgehead atoms. The van der Waals surface area contributed by atoms with E-state index >= 15 is 0 Å². The van der Waals surface area contributed by atoms with E-state index in [4.69, 9.17) is 4.74 Å². The Morgan fingerprint density at radius 1 is 1.18 bits per heavy atom. The van der Waals surface area contributed by atoms with Crippen molar-refractivity contribution in [2.75, 3.05) is 45.9 Å². The Kier molecular flexibility index (Phi) is 7.82. The number of nitrogens with one attached hydrogen (secondary N) is 1. The molecule has 3 heteroatoms. The summed E-state index contributed by atoms with van der Waals surface area (Å²) in [7, 11) is 0. The highest BCUT2D eigenvalue weighted by Crippen LogP contribution is 2.09. The normalized spacial score (nSPS) is 19.1. The summed E-state index contributed by atoms with van der Waals surface area (Å²) >= 11 is 0. The zero-order valence-electron chi connectivity index (χ0n) is 11.9. The molecule has 0 spiro atoms. The van der Waals surface area contributed by atoms with Crippen LogP contribution in [0.1, 0.15) is 33.6 Å². The number of likely N-dealkylation sites (tertiary alicyclic amines) is 1. The molecule has 1 aliphatic rings.